The van der Waals surface area contributed by atoms with Gasteiger partial charge in [0.15, 0.2) is 0 Å². The third-order valence-corrected chi connectivity index (χ3v) is 5.39. The van der Waals surface area contributed by atoms with Crippen molar-refractivity contribution in [3.05, 3.63) is 54.2 Å². The monoisotopic (exact) mass is 396 g/mol. The Morgan fingerprint density at radius 1 is 1.14 bits per heavy atom. The molecule has 0 bridgehead atoms. The molecule has 7 nitrogen and oxygen atoms in total. The van der Waals surface area contributed by atoms with Crippen LogP contribution in [-0.4, -0.2) is 42.8 Å². The molecule has 148 valence electrons. The van der Waals surface area contributed by atoms with Gasteiger partial charge in [-0.2, -0.15) is 10.1 Å². The van der Waals surface area contributed by atoms with E-state index in [2.05, 4.69) is 25.0 Å². The van der Waals surface area contributed by atoms with E-state index in [1.54, 1.807) is 22.8 Å². The van der Waals surface area contributed by atoms with E-state index in [1.165, 1.54) is 12.4 Å². The van der Waals surface area contributed by atoms with Gasteiger partial charge in [0.05, 0.1) is 5.69 Å². The minimum absolute atomic E-state index is 0.0252. The zero-order valence-corrected chi connectivity index (χ0v) is 15.4. The molecule has 4 aromatic rings. The minimum atomic E-state index is -2.67. The number of rotatable bonds is 3. The van der Waals surface area contributed by atoms with Crippen molar-refractivity contribution in [1.29, 1.82) is 0 Å². The summed E-state index contributed by atoms with van der Waals surface area (Å²) >= 11 is 0. The topological polar surface area (TPSA) is 79.4 Å². The van der Waals surface area contributed by atoms with E-state index >= 15 is 0 Å². The molecule has 0 unspecified atom stereocenters. The zero-order chi connectivity index (χ0) is 20.0. The van der Waals surface area contributed by atoms with E-state index in [4.69, 9.17) is 0 Å². The van der Waals surface area contributed by atoms with Crippen LogP contribution in [0.25, 0.3) is 16.6 Å². The summed E-state index contributed by atoms with van der Waals surface area (Å²) in [6.07, 6.45) is 2.13. The Kier molecular flexibility index (Phi) is 4.22. The van der Waals surface area contributed by atoms with Gasteiger partial charge < -0.3 is 10.0 Å². The number of benzene rings is 1. The van der Waals surface area contributed by atoms with Gasteiger partial charge in [-0.15, -0.1) is 0 Å². The summed E-state index contributed by atoms with van der Waals surface area (Å²) in [5, 5.41) is 15.9. The summed E-state index contributed by atoms with van der Waals surface area (Å²) in [7, 11) is 0. The van der Waals surface area contributed by atoms with E-state index < -0.39 is 6.43 Å². The van der Waals surface area contributed by atoms with E-state index in [0.29, 0.717) is 12.2 Å². The number of phenols is 1. The van der Waals surface area contributed by atoms with E-state index in [9.17, 15) is 13.9 Å². The molecule has 5 rings (SSSR count). The van der Waals surface area contributed by atoms with Gasteiger partial charge in [0.1, 0.15) is 23.6 Å². The van der Waals surface area contributed by atoms with Crippen molar-refractivity contribution in [2.75, 3.05) is 18.0 Å². The fourth-order valence-electron chi connectivity index (χ4n) is 4.06. The molecule has 1 atom stereocenters. The molecule has 4 heterocycles. The summed E-state index contributed by atoms with van der Waals surface area (Å²) in [5.41, 5.74) is 0.390. The number of piperidine rings is 1. The van der Waals surface area contributed by atoms with Gasteiger partial charge in [-0.25, -0.2) is 23.3 Å². The molecule has 1 fully saturated rings. The molecule has 3 aromatic heterocycles. The Labute approximate surface area is 164 Å². The van der Waals surface area contributed by atoms with Gasteiger partial charge in [0, 0.05) is 30.6 Å². The van der Waals surface area contributed by atoms with E-state index in [0.717, 1.165) is 36.0 Å². The average Bonchev–Trinajstić information content (AvgIpc) is 3.21. The number of halogens is 2. The number of alkyl halides is 2. The number of nitrogens with zero attached hydrogens (tertiary/aromatic N) is 6. The molecule has 0 radical (unpaired) electrons. The van der Waals surface area contributed by atoms with Gasteiger partial charge in [0.25, 0.3) is 12.2 Å². The molecule has 1 N–H and O–H groups in total. The predicted octanol–water partition coefficient (Wildman–Crippen LogP) is 3.70. The third kappa shape index (κ3) is 3.12. The maximum absolute atomic E-state index is 13.3. The number of pyridine rings is 1. The number of aromatic nitrogens is 5. The number of anilines is 1. The second-order valence-corrected chi connectivity index (χ2v) is 7.20. The number of phenolic OH excluding ortho intramolecular Hbond substituents is 1. The highest BCUT2D eigenvalue weighted by Crippen LogP contribution is 2.34. The molecule has 29 heavy (non-hydrogen) atoms. The van der Waals surface area contributed by atoms with E-state index in [-0.39, 0.29) is 23.1 Å². The van der Waals surface area contributed by atoms with Crippen molar-refractivity contribution >= 4 is 22.4 Å². The lowest BCUT2D eigenvalue weighted by atomic mass is 9.93. The van der Waals surface area contributed by atoms with Gasteiger partial charge in [-0.3, -0.25) is 0 Å². The number of hydrogen-bond acceptors (Lipinski definition) is 6. The molecule has 0 saturated carbocycles. The molecular formula is C20H18F2N6O. The van der Waals surface area contributed by atoms with Crippen molar-refractivity contribution in [1.82, 2.24) is 24.6 Å². The normalized spacial score (nSPS) is 17.5. The van der Waals surface area contributed by atoms with Gasteiger partial charge >= 0.3 is 0 Å². The summed E-state index contributed by atoms with van der Waals surface area (Å²) in [6.45, 7) is 1.40. The largest absolute Gasteiger partial charge is 0.508 e. The Morgan fingerprint density at radius 2 is 2.03 bits per heavy atom. The minimum Gasteiger partial charge on any atom is -0.508 e. The molecule has 1 saturated heterocycles. The SMILES string of the molecule is Oc1ccc2ccnc(N3CCC[C@H](c4cc(C(F)F)nc5ncnn45)C3)c2c1. The molecule has 1 aliphatic heterocycles. The summed E-state index contributed by atoms with van der Waals surface area (Å²) in [5.74, 6) is 1.12. The molecule has 1 aliphatic rings. The van der Waals surface area contributed by atoms with Gasteiger partial charge in [-0.1, -0.05) is 6.07 Å². The molecule has 1 aromatic carbocycles. The van der Waals surface area contributed by atoms with Crippen LogP contribution in [0.3, 0.4) is 0 Å². The highest BCUT2D eigenvalue weighted by Gasteiger charge is 2.27. The molecule has 0 amide bonds. The third-order valence-electron chi connectivity index (χ3n) is 5.39. The number of fused-ring (bicyclic) bond motifs is 2. The van der Waals surface area contributed by atoms with Gasteiger partial charge in [-0.05, 0) is 42.5 Å². The van der Waals surface area contributed by atoms with Crippen LogP contribution in [0.5, 0.6) is 5.75 Å². The summed E-state index contributed by atoms with van der Waals surface area (Å²) in [4.78, 5) is 14.6. The van der Waals surface area contributed by atoms with Crippen LogP contribution in [0.4, 0.5) is 14.6 Å². The van der Waals surface area contributed by atoms with Crippen LogP contribution in [0.1, 0.15) is 36.6 Å². The Balaban J connectivity index is 1.55. The average molecular weight is 396 g/mol. The molecule has 0 aliphatic carbocycles. The fourth-order valence-corrected chi connectivity index (χ4v) is 4.06. The number of aromatic hydroxyl groups is 1. The summed E-state index contributed by atoms with van der Waals surface area (Å²) in [6, 6.07) is 8.54. The van der Waals surface area contributed by atoms with Gasteiger partial charge in [0.2, 0.25) is 0 Å². The zero-order valence-electron chi connectivity index (χ0n) is 15.4. The highest BCUT2D eigenvalue weighted by atomic mass is 19.3. The summed E-state index contributed by atoms with van der Waals surface area (Å²) < 4.78 is 28.2. The fraction of sp³-hybridized carbons (Fsp3) is 0.300. The van der Waals surface area contributed by atoms with E-state index in [1.807, 2.05) is 12.1 Å². The van der Waals surface area contributed by atoms with Crippen molar-refractivity contribution < 1.29 is 13.9 Å². The lowest BCUT2D eigenvalue weighted by molar-refractivity contribution is 0.146. The van der Waals surface area contributed by atoms with Crippen molar-refractivity contribution in [3.8, 4) is 5.75 Å². The second-order valence-electron chi connectivity index (χ2n) is 7.20. The van der Waals surface area contributed by atoms with Crippen LogP contribution in [-0.2, 0) is 0 Å². The Bertz CT molecular complexity index is 1190. The Hall–Kier alpha value is -3.36. The van der Waals surface area contributed by atoms with Crippen LogP contribution in [0, 0.1) is 0 Å². The lowest BCUT2D eigenvalue weighted by Crippen LogP contribution is -2.35. The molecular weight excluding hydrogens is 378 g/mol. The second kappa shape index (κ2) is 6.91. The molecule has 0 spiro atoms. The first-order chi connectivity index (χ1) is 14.1. The molecule has 9 heteroatoms. The van der Waals surface area contributed by atoms with Crippen molar-refractivity contribution in [2.24, 2.45) is 0 Å². The first kappa shape index (κ1) is 17.7. The maximum atomic E-state index is 13.3. The maximum Gasteiger partial charge on any atom is 0.280 e. The first-order valence-corrected chi connectivity index (χ1v) is 9.41. The number of hydrogen-bond donors (Lipinski definition) is 1. The first-order valence-electron chi connectivity index (χ1n) is 9.41. The van der Waals surface area contributed by atoms with Crippen LogP contribution in [0.2, 0.25) is 0 Å². The Morgan fingerprint density at radius 3 is 2.90 bits per heavy atom. The van der Waals surface area contributed by atoms with Crippen molar-refractivity contribution in [3.63, 3.8) is 0 Å². The van der Waals surface area contributed by atoms with Crippen molar-refractivity contribution in [2.45, 2.75) is 25.2 Å². The van der Waals surface area contributed by atoms with Crippen LogP contribution >= 0.6 is 0 Å². The predicted molar refractivity (Wildman–Crippen MR) is 103 cm³/mol. The smallest absolute Gasteiger partial charge is 0.280 e. The quantitative estimate of drug-likeness (QED) is 0.569. The van der Waals surface area contributed by atoms with Crippen LogP contribution in [0.15, 0.2) is 42.9 Å². The van der Waals surface area contributed by atoms with Crippen LogP contribution < -0.4 is 4.90 Å². The highest BCUT2D eigenvalue weighted by molar-refractivity contribution is 5.93. The standard InChI is InChI=1S/C20H18F2N6O/c21-18(22)16-9-17(28-20(26-16)24-11-25-28)13-2-1-7-27(10-13)19-15-8-14(29)4-3-12(15)5-6-23-19/h3-6,8-9,11,13,18,29H,1-2,7,10H2/t13-/m0/s1. The lowest BCUT2D eigenvalue weighted by Gasteiger charge is -2.34.